The predicted molar refractivity (Wildman–Crippen MR) is 161 cm³/mol. The molecule has 230 valence electrons. The molecule has 0 spiro atoms. The summed E-state index contributed by atoms with van der Waals surface area (Å²) < 4.78 is 15.8. The number of carbonyl (C=O) groups excluding carboxylic acids is 3. The van der Waals surface area contributed by atoms with Gasteiger partial charge in [0.15, 0.2) is 0 Å². The lowest BCUT2D eigenvalue weighted by atomic mass is 10.1. The molecule has 0 radical (unpaired) electrons. The van der Waals surface area contributed by atoms with Crippen LogP contribution in [0.4, 0.5) is 14.4 Å². The Kier molecular flexibility index (Phi) is 12.9. The maximum Gasteiger partial charge on any atom is 0.414 e. The first-order valence-electron chi connectivity index (χ1n) is 13.7. The Balaban J connectivity index is 1.62. The zero-order valence-corrected chi connectivity index (χ0v) is 25.1. The molecule has 2 atom stereocenters. The molecule has 0 aliphatic carbocycles. The molecule has 3 amide bonds. The van der Waals surface area contributed by atoms with E-state index in [2.05, 4.69) is 25.9 Å². The third kappa shape index (κ3) is 12.9. The van der Waals surface area contributed by atoms with Gasteiger partial charge < -0.3 is 24.6 Å². The van der Waals surface area contributed by atoms with E-state index in [1.807, 2.05) is 60.7 Å². The van der Waals surface area contributed by atoms with Crippen LogP contribution >= 0.6 is 11.3 Å². The summed E-state index contributed by atoms with van der Waals surface area (Å²) in [6, 6.07) is 17.5. The number of hydrogen-bond donors (Lipinski definition) is 4. The molecule has 0 bridgehead atoms. The van der Waals surface area contributed by atoms with Gasteiger partial charge in [-0.3, -0.25) is 15.6 Å². The van der Waals surface area contributed by atoms with E-state index in [9.17, 15) is 19.5 Å². The Hall–Kier alpha value is -4.49. The van der Waals surface area contributed by atoms with Gasteiger partial charge in [0.05, 0.1) is 6.04 Å². The van der Waals surface area contributed by atoms with Gasteiger partial charge >= 0.3 is 18.3 Å². The maximum absolute atomic E-state index is 12.5. The maximum atomic E-state index is 12.5. The van der Waals surface area contributed by atoms with Gasteiger partial charge in [0, 0.05) is 18.1 Å². The molecule has 3 aromatic rings. The van der Waals surface area contributed by atoms with E-state index in [0.29, 0.717) is 11.4 Å². The second kappa shape index (κ2) is 16.8. The number of benzene rings is 2. The van der Waals surface area contributed by atoms with Crippen molar-refractivity contribution < 1.29 is 33.7 Å². The summed E-state index contributed by atoms with van der Waals surface area (Å²) in [5.74, 6) is -0.173. The minimum absolute atomic E-state index is 0.0189. The molecular weight excluding hydrogens is 574 g/mol. The van der Waals surface area contributed by atoms with Gasteiger partial charge in [-0.15, -0.1) is 11.3 Å². The van der Waals surface area contributed by atoms with Gasteiger partial charge in [0.2, 0.25) is 5.96 Å². The van der Waals surface area contributed by atoms with Crippen molar-refractivity contribution in [2.75, 3.05) is 6.54 Å². The number of aliphatic hydroxyl groups is 1. The average Bonchev–Trinajstić information content (AvgIpc) is 3.51. The molecule has 2 aromatic carbocycles. The van der Waals surface area contributed by atoms with Crippen molar-refractivity contribution in [2.45, 2.75) is 64.6 Å². The molecule has 0 aliphatic heterocycles. The number of thiazole rings is 1. The largest absolute Gasteiger partial charge is 0.444 e. The highest BCUT2D eigenvalue weighted by Crippen LogP contribution is 2.22. The van der Waals surface area contributed by atoms with Crippen LogP contribution in [0.25, 0.3) is 0 Å². The number of nitrogens with zero attached hydrogens (tertiary/aromatic N) is 2. The predicted octanol–water partition coefficient (Wildman–Crippen LogP) is 5.06. The van der Waals surface area contributed by atoms with Crippen LogP contribution in [-0.2, 0) is 27.4 Å². The molecule has 13 heteroatoms. The van der Waals surface area contributed by atoms with E-state index in [-0.39, 0.29) is 32.1 Å². The van der Waals surface area contributed by atoms with Crippen molar-refractivity contribution in [3.63, 3.8) is 0 Å². The Labute approximate surface area is 254 Å². The highest BCUT2D eigenvalue weighted by Gasteiger charge is 2.27. The van der Waals surface area contributed by atoms with Crippen molar-refractivity contribution in [3.05, 3.63) is 88.4 Å². The van der Waals surface area contributed by atoms with Crippen LogP contribution in [-0.4, -0.2) is 52.5 Å². The van der Waals surface area contributed by atoms with E-state index < -0.39 is 36.0 Å². The number of alkyl carbamates (subject to hydrolysis) is 3. The van der Waals surface area contributed by atoms with Crippen molar-refractivity contribution in [1.82, 2.24) is 20.9 Å². The molecule has 0 saturated heterocycles. The fourth-order valence-corrected chi connectivity index (χ4v) is 4.33. The number of rotatable bonds is 11. The second-order valence-corrected chi connectivity index (χ2v) is 11.2. The summed E-state index contributed by atoms with van der Waals surface area (Å²) in [7, 11) is 0. The number of carbonyl (C=O) groups is 3. The Morgan fingerprint density at radius 2 is 1.47 bits per heavy atom. The molecule has 4 N–H and O–H groups in total. The lowest BCUT2D eigenvalue weighted by Crippen LogP contribution is -2.44. The Morgan fingerprint density at radius 1 is 0.907 bits per heavy atom. The number of amides is 3. The van der Waals surface area contributed by atoms with E-state index >= 15 is 0 Å². The number of aromatic nitrogens is 1. The normalized spacial score (nSPS) is 12.3. The number of hydrogen-bond acceptors (Lipinski definition) is 10. The summed E-state index contributed by atoms with van der Waals surface area (Å²) in [5, 5.41) is 20.6. The third-order valence-electron chi connectivity index (χ3n) is 5.60. The Bertz CT molecular complexity index is 1260. The second-order valence-electron chi connectivity index (χ2n) is 10.3. The van der Waals surface area contributed by atoms with E-state index in [4.69, 9.17) is 14.2 Å². The van der Waals surface area contributed by atoms with E-state index in [0.717, 1.165) is 11.1 Å². The zero-order valence-electron chi connectivity index (χ0n) is 24.3. The van der Waals surface area contributed by atoms with Crippen molar-refractivity contribution >= 4 is 35.6 Å². The summed E-state index contributed by atoms with van der Waals surface area (Å²) in [6.45, 7) is 5.38. The topological polar surface area (TPSA) is 160 Å². The molecule has 1 heterocycles. The van der Waals surface area contributed by atoms with Crippen LogP contribution in [0.15, 0.2) is 77.2 Å². The first-order chi connectivity index (χ1) is 20.6. The van der Waals surface area contributed by atoms with E-state index in [1.54, 1.807) is 32.3 Å². The quantitative estimate of drug-likeness (QED) is 0.101. The van der Waals surface area contributed by atoms with Crippen LogP contribution in [0.5, 0.6) is 0 Å². The smallest absolute Gasteiger partial charge is 0.414 e. The number of aliphatic hydroxyl groups excluding tert-OH is 1. The molecule has 0 saturated carbocycles. The highest BCUT2D eigenvalue weighted by atomic mass is 32.1. The number of aliphatic imine (C=N–C) groups is 1. The lowest BCUT2D eigenvalue weighted by Gasteiger charge is -2.25. The lowest BCUT2D eigenvalue weighted by molar-refractivity contribution is 0.0412. The van der Waals surface area contributed by atoms with Gasteiger partial charge in [-0.2, -0.15) is 0 Å². The fraction of sp³-hybridized carbons (Fsp3) is 0.367. The van der Waals surface area contributed by atoms with Gasteiger partial charge in [-0.25, -0.2) is 19.4 Å². The molecule has 43 heavy (non-hydrogen) atoms. The van der Waals surface area contributed by atoms with Gasteiger partial charge in [-0.05, 0) is 44.7 Å². The highest BCUT2D eigenvalue weighted by molar-refractivity contribution is 7.09. The number of guanidine groups is 1. The van der Waals surface area contributed by atoms with Crippen LogP contribution in [0.2, 0.25) is 0 Å². The molecule has 3 rings (SSSR count). The molecular formula is C30H37N5O7S. The van der Waals surface area contributed by atoms with Crippen LogP contribution in [0.3, 0.4) is 0 Å². The minimum Gasteiger partial charge on any atom is -0.444 e. The fourth-order valence-electron chi connectivity index (χ4n) is 3.64. The summed E-state index contributed by atoms with van der Waals surface area (Å²) >= 11 is 1.26. The molecule has 1 unspecified atom stereocenters. The summed E-state index contributed by atoms with van der Waals surface area (Å²) in [6.07, 6.45) is -1.20. The van der Waals surface area contributed by atoms with Gasteiger partial charge in [-0.1, -0.05) is 60.7 Å². The number of nitrogens with one attached hydrogen (secondary N) is 3. The summed E-state index contributed by atoms with van der Waals surface area (Å²) in [5.41, 5.74) is 0.851. The van der Waals surface area contributed by atoms with Crippen LogP contribution in [0, 0.1) is 0 Å². The van der Waals surface area contributed by atoms with Crippen molar-refractivity contribution in [1.29, 1.82) is 0 Å². The van der Waals surface area contributed by atoms with Crippen LogP contribution < -0.4 is 16.0 Å². The monoisotopic (exact) mass is 611 g/mol. The van der Waals surface area contributed by atoms with Crippen LogP contribution in [0.1, 0.15) is 55.9 Å². The molecule has 0 fully saturated rings. The number of ether oxygens (including phenoxy) is 3. The van der Waals surface area contributed by atoms with E-state index in [1.165, 1.54) is 11.3 Å². The van der Waals surface area contributed by atoms with Crippen molar-refractivity contribution in [2.24, 2.45) is 4.99 Å². The molecule has 12 nitrogen and oxygen atoms in total. The minimum atomic E-state index is -1.08. The molecule has 0 aliphatic rings. The standard InChI is InChI=1S/C30H37N5O7S/c1-30(2,3)42-29(39)33-23(24(36)25-31-17-18-43-25)15-10-16-32-26(34-27(37)40-19-21-11-6-4-7-12-21)35-28(38)41-20-22-13-8-5-9-14-22/h4-9,11-14,17-18,23-24,36H,10,15-16,19-20H2,1-3H3,(H,33,39)(H2,32,34,35,37,38)/t23-,24?/m0/s1. The van der Waals surface area contributed by atoms with Gasteiger partial charge in [0.25, 0.3) is 0 Å². The first-order valence-corrected chi connectivity index (χ1v) is 14.5. The third-order valence-corrected chi connectivity index (χ3v) is 6.44. The zero-order chi connectivity index (χ0) is 31.1. The summed E-state index contributed by atoms with van der Waals surface area (Å²) in [4.78, 5) is 45.8. The van der Waals surface area contributed by atoms with Gasteiger partial charge in [0.1, 0.15) is 29.9 Å². The first kappa shape index (κ1) is 33.0. The molecule has 1 aromatic heterocycles. The SMILES string of the molecule is CC(C)(C)OC(=O)N[C@@H](CCCN=C(NC(=O)OCc1ccccc1)NC(=O)OCc1ccccc1)C(O)c1nccs1. The average molecular weight is 612 g/mol. The Morgan fingerprint density at radius 3 is 1.95 bits per heavy atom. The van der Waals surface area contributed by atoms with Crippen molar-refractivity contribution in [3.8, 4) is 0 Å².